The van der Waals surface area contributed by atoms with Gasteiger partial charge < -0.3 is 9.84 Å². The van der Waals surface area contributed by atoms with E-state index in [1.807, 2.05) is 0 Å². The van der Waals surface area contributed by atoms with Crippen LogP contribution in [0.3, 0.4) is 0 Å². The Morgan fingerprint density at radius 3 is 1.76 bits per heavy atom. The molecule has 0 saturated carbocycles. The van der Waals surface area contributed by atoms with Crippen molar-refractivity contribution in [1.82, 2.24) is 5.32 Å². The maximum atomic E-state index is 11.5. The number of alkyl carbamates (subject to hydrolysis) is 1. The molecule has 0 aliphatic carbocycles. The Labute approximate surface area is 102 Å². The molecule has 0 aromatic rings. The van der Waals surface area contributed by atoms with E-state index in [0.717, 1.165) is 0 Å². The minimum Gasteiger partial charge on any atom is -0.478 e. The van der Waals surface area contributed by atoms with Gasteiger partial charge in [0.15, 0.2) is 5.66 Å². The number of rotatable bonds is 2. The van der Waals surface area contributed by atoms with Crippen LogP contribution in [0.5, 0.6) is 0 Å². The molecule has 0 aromatic carbocycles. The van der Waals surface area contributed by atoms with Gasteiger partial charge in [0.2, 0.25) is 0 Å². The molecule has 0 aliphatic heterocycles. The second kappa shape index (κ2) is 4.52. The molecule has 0 aliphatic rings. The van der Waals surface area contributed by atoms with Crippen LogP contribution in [0.15, 0.2) is 0 Å². The van der Waals surface area contributed by atoms with Crippen molar-refractivity contribution in [2.24, 2.45) is 11.1 Å². The number of carbonyl (C=O) groups is 2. The number of nitrogens with two attached hydrogens (primary N) is 1. The number of nitrogens with one attached hydrogen (secondary N) is 1. The molecule has 0 unspecified atom stereocenters. The van der Waals surface area contributed by atoms with Crippen molar-refractivity contribution in [3.05, 3.63) is 0 Å². The van der Waals surface area contributed by atoms with Crippen molar-refractivity contribution in [2.75, 3.05) is 0 Å². The first-order valence-corrected chi connectivity index (χ1v) is 5.33. The third-order valence-electron chi connectivity index (χ3n) is 2.22. The van der Waals surface area contributed by atoms with Crippen LogP contribution in [0.25, 0.3) is 0 Å². The molecule has 0 rings (SSSR count). The Morgan fingerprint density at radius 1 is 1.12 bits per heavy atom. The highest BCUT2D eigenvalue weighted by atomic mass is 16.6. The molecule has 1 atom stereocenters. The molecule has 6 heteroatoms. The molecule has 0 fully saturated rings. The zero-order chi connectivity index (χ0) is 14.1. The summed E-state index contributed by atoms with van der Waals surface area (Å²) in [6, 6.07) is 0. The Hall–Kier alpha value is -1.30. The van der Waals surface area contributed by atoms with Gasteiger partial charge in [0.05, 0.1) is 0 Å². The van der Waals surface area contributed by atoms with Gasteiger partial charge in [0.25, 0.3) is 0 Å². The van der Waals surface area contributed by atoms with E-state index in [2.05, 4.69) is 5.32 Å². The van der Waals surface area contributed by atoms with Gasteiger partial charge in [-0.2, -0.15) is 0 Å². The Morgan fingerprint density at radius 2 is 1.53 bits per heavy atom. The monoisotopic (exact) mass is 246 g/mol. The van der Waals surface area contributed by atoms with Crippen LogP contribution in [0.1, 0.15) is 41.5 Å². The quantitative estimate of drug-likeness (QED) is 0.637. The van der Waals surface area contributed by atoms with E-state index in [1.165, 1.54) is 0 Å². The molecular weight excluding hydrogens is 224 g/mol. The van der Waals surface area contributed by atoms with Crippen LogP contribution in [-0.2, 0) is 9.53 Å². The number of hydrogen-bond donors (Lipinski definition) is 3. The minimum absolute atomic E-state index is 0.707. The molecule has 1 amide bonds. The maximum absolute atomic E-state index is 11.5. The largest absolute Gasteiger partial charge is 0.478 e. The summed E-state index contributed by atoms with van der Waals surface area (Å²) in [5.74, 6) is -1.31. The fourth-order valence-corrected chi connectivity index (χ4v) is 1.03. The lowest BCUT2D eigenvalue weighted by Crippen LogP contribution is -2.69. The summed E-state index contributed by atoms with van der Waals surface area (Å²) in [6.07, 6.45) is -0.850. The zero-order valence-electron chi connectivity index (χ0n) is 11.2. The van der Waals surface area contributed by atoms with Crippen molar-refractivity contribution >= 4 is 12.1 Å². The lowest BCUT2D eigenvalue weighted by atomic mass is 9.81. The second-order valence-electron chi connectivity index (χ2n) is 5.99. The number of carboxylic acid groups (broad SMARTS) is 1. The fraction of sp³-hybridized carbons (Fsp3) is 0.818. The summed E-state index contributed by atoms with van der Waals surface area (Å²) in [5, 5.41) is 11.3. The molecular formula is C11H22N2O4. The van der Waals surface area contributed by atoms with Crippen molar-refractivity contribution < 1.29 is 19.4 Å². The summed E-state index contributed by atoms with van der Waals surface area (Å²) in [5.41, 5.74) is 2.29. The van der Waals surface area contributed by atoms with Crippen molar-refractivity contribution in [3.8, 4) is 0 Å². The summed E-state index contributed by atoms with van der Waals surface area (Å²) >= 11 is 0. The molecule has 4 N–H and O–H groups in total. The van der Waals surface area contributed by atoms with E-state index < -0.39 is 28.7 Å². The van der Waals surface area contributed by atoms with Crippen LogP contribution < -0.4 is 11.1 Å². The first-order valence-electron chi connectivity index (χ1n) is 5.33. The predicted molar refractivity (Wildman–Crippen MR) is 63.4 cm³/mol. The van der Waals surface area contributed by atoms with Crippen molar-refractivity contribution in [3.63, 3.8) is 0 Å². The second-order valence-corrected chi connectivity index (χ2v) is 5.99. The molecule has 100 valence electrons. The van der Waals surface area contributed by atoms with E-state index in [0.29, 0.717) is 0 Å². The van der Waals surface area contributed by atoms with E-state index in [-0.39, 0.29) is 0 Å². The molecule has 6 nitrogen and oxygen atoms in total. The third-order valence-corrected chi connectivity index (χ3v) is 2.22. The molecule has 0 bridgehead atoms. The molecule has 0 spiro atoms. The van der Waals surface area contributed by atoms with Crippen LogP contribution in [0.2, 0.25) is 0 Å². The number of aliphatic carboxylic acids is 1. The van der Waals surface area contributed by atoms with Crippen LogP contribution in [0, 0.1) is 5.41 Å². The SMILES string of the molecule is CC(C)(C)OC(=O)N[C@](N)(C(=O)O)C(C)(C)C. The van der Waals surface area contributed by atoms with Crippen molar-refractivity contribution in [2.45, 2.75) is 52.8 Å². The highest BCUT2D eigenvalue weighted by Gasteiger charge is 2.47. The third kappa shape index (κ3) is 4.22. The van der Waals surface area contributed by atoms with Gasteiger partial charge in [-0.25, -0.2) is 9.59 Å². The smallest absolute Gasteiger partial charge is 0.409 e. The molecule has 0 radical (unpaired) electrons. The number of ether oxygens (including phenoxy) is 1. The van der Waals surface area contributed by atoms with E-state index in [1.54, 1.807) is 41.5 Å². The van der Waals surface area contributed by atoms with Gasteiger partial charge in [-0.15, -0.1) is 0 Å². The summed E-state index contributed by atoms with van der Waals surface area (Å²) in [6.45, 7) is 9.92. The van der Waals surface area contributed by atoms with Crippen LogP contribution in [0.4, 0.5) is 4.79 Å². The first-order chi connectivity index (χ1) is 7.29. The molecule has 17 heavy (non-hydrogen) atoms. The minimum atomic E-state index is -1.88. The summed E-state index contributed by atoms with van der Waals surface area (Å²) in [7, 11) is 0. The molecule has 0 aromatic heterocycles. The van der Waals surface area contributed by atoms with Gasteiger partial charge in [0, 0.05) is 5.41 Å². The van der Waals surface area contributed by atoms with E-state index in [4.69, 9.17) is 15.6 Å². The number of carbonyl (C=O) groups excluding carboxylic acids is 1. The highest BCUT2D eigenvalue weighted by molar-refractivity contribution is 5.84. The lowest BCUT2D eigenvalue weighted by Gasteiger charge is -2.38. The Kier molecular flexibility index (Phi) is 4.18. The zero-order valence-corrected chi connectivity index (χ0v) is 11.2. The normalized spacial score (nSPS) is 15.9. The lowest BCUT2D eigenvalue weighted by molar-refractivity contribution is -0.149. The van der Waals surface area contributed by atoms with Crippen molar-refractivity contribution in [1.29, 1.82) is 0 Å². The molecule has 0 saturated heterocycles. The van der Waals surface area contributed by atoms with E-state index in [9.17, 15) is 9.59 Å². The first kappa shape index (κ1) is 15.7. The standard InChI is InChI=1S/C11H22N2O4/c1-9(2,3)11(12,7(14)15)13-8(16)17-10(4,5)6/h12H2,1-6H3,(H,13,16)(H,14,15)/t11-/m1/s1. The average molecular weight is 246 g/mol. The fourth-order valence-electron chi connectivity index (χ4n) is 1.03. The summed E-state index contributed by atoms with van der Waals surface area (Å²) in [4.78, 5) is 22.7. The van der Waals surface area contributed by atoms with Gasteiger partial charge in [-0.1, -0.05) is 20.8 Å². The Bertz CT molecular complexity index is 314. The Balaban J connectivity index is 4.93. The average Bonchev–Trinajstić information content (AvgIpc) is 1.96. The topological polar surface area (TPSA) is 102 Å². The van der Waals surface area contributed by atoms with Gasteiger partial charge in [0.1, 0.15) is 5.60 Å². The van der Waals surface area contributed by atoms with Crippen LogP contribution in [-0.4, -0.2) is 28.4 Å². The number of hydrogen-bond acceptors (Lipinski definition) is 4. The number of carboxylic acids is 1. The predicted octanol–water partition coefficient (Wildman–Crippen LogP) is 1.30. The maximum Gasteiger partial charge on any atom is 0.409 e. The highest BCUT2D eigenvalue weighted by Crippen LogP contribution is 2.26. The van der Waals surface area contributed by atoms with Gasteiger partial charge >= 0.3 is 12.1 Å². The summed E-state index contributed by atoms with van der Waals surface area (Å²) < 4.78 is 4.99. The van der Waals surface area contributed by atoms with Gasteiger partial charge in [-0.3, -0.25) is 11.1 Å². The van der Waals surface area contributed by atoms with Gasteiger partial charge in [-0.05, 0) is 20.8 Å². The van der Waals surface area contributed by atoms with Crippen LogP contribution >= 0.6 is 0 Å². The number of amides is 1. The van der Waals surface area contributed by atoms with E-state index >= 15 is 0 Å². The molecule has 0 heterocycles.